The van der Waals surface area contributed by atoms with Crippen LogP contribution in [0.4, 0.5) is 0 Å². The maximum absolute atomic E-state index is 12.4. The second-order valence-electron chi connectivity index (χ2n) is 5.87. The van der Waals surface area contributed by atoms with Crippen molar-refractivity contribution >= 4 is 11.8 Å². The highest BCUT2D eigenvalue weighted by Crippen LogP contribution is 2.33. The summed E-state index contributed by atoms with van der Waals surface area (Å²) < 4.78 is 10.5. The summed E-state index contributed by atoms with van der Waals surface area (Å²) >= 11 is 0. The predicted molar refractivity (Wildman–Crippen MR) is 85.5 cm³/mol. The maximum Gasteiger partial charge on any atom is 0.257 e. The molecular formula is C18H21NO4. The molecule has 1 aliphatic heterocycles. The largest absolute Gasteiger partial charge is 0.493 e. The number of benzene rings is 1. The standard InChI is InChI=1S/C18H21NO4/c1-22-15-8-7-12(11-16(15)23-2)9-10-19-17(20)13-5-3-4-6-14(13)18(19)21/h7-8,11H,3-6,9-10H2,1-2H3. The third-order valence-electron chi connectivity index (χ3n) is 4.55. The SMILES string of the molecule is COc1ccc(CCN2C(=O)C3=C(CCCC3)C2=O)cc1OC. The third-order valence-corrected chi connectivity index (χ3v) is 4.55. The minimum Gasteiger partial charge on any atom is -0.493 e. The molecule has 5 nitrogen and oxygen atoms in total. The van der Waals surface area contributed by atoms with E-state index in [1.54, 1.807) is 14.2 Å². The van der Waals surface area contributed by atoms with E-state index in [1.165, 1.54) is 4.90 Å². The van der Waals surface area contributed by atoms with Crippen LogP contribution in [0.25, 0.3) is 0 Å². The Hall–Kier alpha value is -2.30. The Morgan fingerprint density at radius 3 is 2.13 bits per heavy atom. The number of carbonyl (C=O) groups excluding carboxylic acids is 2. The first kappa shape index (κ1) is 15.6. The summed E-state index contributed by atoms with van der Waals surface area (Å²) in [6.07, 6.45) is 4.10. The molecular weight excluding hydrogens is 294 g/mol. The molecule has 2 aliphatic rings. The smallest absolute Gasteiger partial charge is 0.257 e. The number of hydrogen-bond donors (Lipinski definition) is 0. The van der Waals surface area contributed by atoms with Gasteiger partial charge in [-0.2, -0.15) is 0 Å². The van der Waals surface area contributed by atoms with Crippen molar-refractivity contribution in [2.75, 3.05) is 20.8 Å². The van der Waals surface area contributed by atoms with Gasteiger partial charge in [0.1, 0.15) is 0 Å². The Kier molecular flexibility index (Phi) is 4.37. The van der Waals surface area contributed by atoms with Crippen LogP contribution in [-0.2, 0) is 16.0 Å². The lowest BCUT2D eigenvalue weighted by molar-refractivity contribution is -0.137. The average molecular weight is 315 g/mol. The van der Waals surface area contributed by atoms with Crippen molar-refractivity contribution in [1.82, 2.24) is 4.90 Å². The van der Waals surface area contributed by atoms with Gasteiger partial charge < -0.3 is 9.47 Å². The van der Waals surface area contributed by atoms with Crippen LogP contribution in [0.15, 0.2) is 29.3 Å². The molecule has 0 bridgehead atoms. The second-order valence-corrected chi connectivity index (χ2v) is 5.87. The van der Waals surface area contributed by atoms with E-state index in [2.05, 4.69) is 0 Å². The van der Waals surface area contributed by atoms with Crippen LogP contribution in [0.2, 0.25) is 0 Å². The van der Waals surface area contributed by atoms with Gasteiger partial charge in [-0.3, -0.25) is 14.5 Å². The zero-order valence-corrected chi connectivity index (χ0v) is 13.6. The molecule has 1 aromatic carbocycles. The minimum absolute atomic E-state index is 0.0924. The van der Waals surface area contributed by atoms with Gasteiger partial charge in [0.05, 0.1) is 14.2 Å². The van der Waals surface area contributed by atoms with Gasteiger partial charge in [0, 0.05) is 17.7 Å². The zero-order valence-electron chi connectivity index (χ0n) is 13.6. The number of hydrogen-bond acceptors (Lipinski definition) is 4. The molecule has 0 aromatic heterocycles. The quantitative estimate of drug-likeness (QED) is 0.783. The van der Waals surface area contributed by atoms with Gasteiger partial charge in [0.2, 0.25) is 0 Å². The number of nitrogens with zero attached hydrogens (tertiary/aromatic N) is 1. The number of carbonyl (C=O) groups is 2. The molecule has 1 aliphatic carbocycles. The minimum atomic E-state index is -0.0924. The van der Waals surface area contributed by atoms with E-state index >= 15 is 0 Å². The summed E-state index contributed by atoms with van der Waals surface area (Å²) in [6.45, 7) is 0.403. The van der Waals surface area contributed by atoms with Crippen LogP contribution in [-0.4, -0.2) is 37.5 Å². The van der Waals surface area contributed by atoms with Gasteiger partial charge in [-0.05, 0) is 49.8 Å². The maximum atomic E-state index is 12.4. The first-order valence-electron chi connectivity index (χ1n) is 7.95. The molecule has 0 N–H and O–H groups in total. The summed E-state index contributed by atoms with van der Waals surface area (Å²) in [5, 5.41) is 0. The van der Waals surface area contributed by atoms with E-state index in [9.17, 15) is 9.59 Å². The molecule has 0 saturated carbocycles. The van der Waals surface area contributed by atoms with Crippen LogP contribution in [0.1, 0.15) is 31.2 Å². The van der Waals surface area contributed by atoms with Crippen molar-refractivity contribution in [3.05, 3.63) is 34.9 Å². The molecule has 23 heavy (non-hydrogen) atoms. The molecule has 1 heterocycles. The number of methoxy groups -OCH3 is 2. The topological polar surface area (TPSA) is 55.8 Å². The fourth-order valence-corrected chi connectivity index (χ4v) is 3.28. The third kappa shape index (κ3) is 2.83. The van der Waals surface area contributed by atoms with Crippen molar-refractivity contribution in [3.63, 3.8) is 0 Å². The highest BCUT2D eigenvalue weighted by Gasteiger charge is 2.38. The van der Waals surface area contributed by atoms with E-state index in [0.717, 1.165) is 42.4 Å². The van der Waals surface area contributed by atoms with Crippen LogP contribution in [0, 0.1) is 0 Å². The van der Waals surface area contributed by atoms with E-state index < -0.39 is 0 Å². The van der Waals surface area contributed by atoms with E-state index in [0.29, 0.717) is 24.5 Å². The monoisotopic (exact) mass is 315 g/mol. The van der Waals surface area contributed by atoms with Crippen LogP contribution < -0.4 is 9.47 Å². The summed E-state index contributed by atoms with van der Waals surface area (Å²) in [5.41, 5.74) is 2.50. The molecule has 0 atom stereocenters. The summed E-state index contributed by atoms with van der Waals surface area (Å²) in [7, 11) is 3.18. The number of rotatable bonds is 5. The Morgan fingerprint density at radius 1 is 0.957 bits per heavy atom. The number of ether oxygens (including phenoxy) is 2. The predicted octanol–water partition coefficient (Wildman–Crippen LogP) is 2.49. The highest BCUT2D eigenvalue weighted by molar-refractivity contribution is 6.19. The molecule has 0 unspecified atom stereocenters. The lowest BCUT2D eigenvalue weighted by Crippen LogP contribution is -2.33. The highest BCUT2D eigenvalue weighted by atomic mass is 16.5. The number of imide groups is 1. The molecule has 2 amide bonds. The van der Waals surface area contributed by atoms with Gasteiger partial charge in [-0.1, -0.05) is 6.07 Å². The molecule has 0 saturated heterocycles. The average Bonchev–Trinajstić information content (AvgIpc) is 2.84. The lowest BCUT2D eigenvalue weighted by atomic mass is 9.93. The van der Waals surface area contributed by atoms with Gasteiger partial charge in [-0.25, -0.2) is 0 Å². The van der Waals surface area contributed by atoms with Gasteiger partial charge >= 0.3 is 0 Å². The van der Waals surface area contributed by atoms with E-state index in [1.807, 2.05) is 18.2 Å². The van der Waals surface area contributed by atoms with Crippen molar-refractivity contribution in [3.8, 4) is 11.5 Å². The van der Waals surface area contributed by atoms with E-state index in [4.69, 9.17) is 9.47 Å². The van der Waals surface area contributed by atoms with Crippen molar-refractivity contribution in [2.24, 2.45) is 0 Å². The molecule has 0 radical (unpaired) electrons. The van der Waals surface area contributed by atoms with Gasteiger partial charge in [0.15, 0.2) is 11.5 Å². The Balaban J connectivity index is 1.70. The van der Waals surface area contributed by atoms with Gasteiger partial charge in [0.25, 0.3) is 11.8 Å². The molecule has 0 spiro atoms. The first-order valence-corrected chi connectivity index (χ1v) is 7.95. The summed E-state index contributed by atoms with van der Waals surface area (Å²) in [6, 6.07) is 5.65. The van der Waals surface area contributed by atoms with Crippen molar-refractivity contribution < 1.29 is 19.1 Å². The van der Waals surface area contributed by atoms with Gasteiger partial charge in [-0.15, -0.1) is 0 Å². The molecule has 1 aromatic rings. The molecule has 3 rings (SSSR count). The summed E-state index contributed by atoms with van der Waals surface area (Å²) in [5.74, 6) is 1.14. The lowest BCUT2D eigenvalue weighted by Gasteiger charge is -2.15. The Morgan fingerprint density at radius 2 is 1.57 bits per heavy atom. The normalized spacial score (nSPS) is 17.6. The number of amides is 2. The van der Waals surface area contributed by atoms with Crippen LogP contribution in [0.5, 0.6) is 11.5 Å². The fourth-order valence-electron chi connectivity index (χ4n) is 3.28. The van der Waals surface area contributed by atoms with E-state index in [-0.39, 0.29) is 11.8 Å². The molecule has 5 heteroatoms. The summed E-state index contributed by atoms with van der Waals surface area (Å²) in [4.78, 5) is 26.2. The molecule has 122 valence electrons. The Labute approximate surface area is 135 Å². The Bertz CT molecular complexity index is 650. The van der Waals surface area contributed by atoms with Crippen LogP contribution >= 0.6 is 0 Å². The zero-order chi connectivity index (χ0) is 16.4. The van der Waals surface area contributed by atoms with Crippen molar-refractivity contribution in [2.45, 2.75) is 32.1 Å². The fraction of sp³-hybridized carbons (Fsp3) is 0.444. The van der Waals surface area contributed by atoms with Crippen molar-refractivity contribution in [1.29, 1.82) is 0 Å². The first-order chi connectivity index (χ1) is 11.2. The molecule has 0 fully saturated rings. The van der Waals surface area contributed by atoms with Crippen LogP contribution in [0.3, 0.4) is 0 Å². The second kappa shape index (κ2) is 6.44.